The van der Waals surface area contributed by atoms with Crippen LogP contribution in [0.2, 0.25) is 0 Å². The summed E-state index contributed by atoms with van der Waals surface area (Å²) in [6, 6.07) is 0. The van der Waals surface area contributed by atoms with Gasteiger partial charge in [-0.05, 0) is 18.9 Å². The molecule has 44 valence electrons. The molecule has 0 aliphatic carbocycles. The van der Waals surface area contributed by atoms with E-state index in [1.165, 1.54) is 0 Å². The van der Waals surface area contributed by atoms with Crippen LogP contribution in [0.4, 0.5) is 0 Å². The SMILES string of the molecule is C1=C\CO/C=C\CC/1. The first-order valence-electron chi connectivity index (χ1n) is 2.92. The Kier molecular flexibility index (Phi) is 2.24. The van der Waals surface area contributed by atoms with E-state index in [2.05, 4.69) is 6.08 Å². The number of hydrogen-bond donors (Lipinski definition) is 0. The van der Waals surface area contributed by atoms with Crippen molar-refractivity contribution >= 4 is 0 Å². The van der Waals surface area contributed by atoms with Crippen molar-refractivity contribution in [2.24, 2.45) is 0 Å². The van der Waals surface area contributed by atoms with Gasteiger partial charge in [0.05, 0.1) is 6.26 Å². The van der Waals surface area contributed by atoms with Crippen molar-refractivity contribution < 1.29 is 4.74 Å². The van der Waals surface area contributed by atoms with Crippen LogP contribution in [-0.2, 0) is 4.74 Å². The summed E-state index contributed by atoms with van der Waals surface area (Å²) in [7, 11) is 0. The summed E-state index contributed by atoms with van der Waals surface area (Å²) in [5.41, 5.74) is 0. The summed E-state index contributed by atoms with van der Waals surface area (Å²) in [4.78, 5) is 0. The van der Waals surface area contributed by atoms with Gasteiger partial charge in [-0.3, -0.25) is 0 Å². The molecule has 0 atom stereocenters. The molecule has 0 spiro atoms. The number of rotatable bonds is 0. The maximum atomic E-state index is 5.01. The highest BCUT2D eigenvalue weighted by Gasteiger charge is 1.81. The second-order valence-corrected chi connectivity index (χ2v) is 1.75. The van der Waals surface area contributed by atoms with Crippen molar-refractivity contribution in [3.8, 4) is 0 Å². The molecule has 0 N–H and O–H groups in total. The van der Waals surface area contributed by atoms with E-state index in [0.717, 1.165) is 19.4 Å². The zero-order valence-corrected chi connectivity index (χ0v) is 4.84. The smallest absolute Gasteiger partial charge is 0.105 e. The summed E-state index contributed by atoms with van der Waals surface area (Å²) in [6.07, 6.45) is 10.3. The van der Waals surface area contributed by atoms with Gasteiger partial charge in [0.15, 0.2) is 0 Å². The first-order valence-corrected chi connectivity index (χ1v) is 2.92. The molecule has 0 fully saturated rings. The molecule has 1 aliphatic rings. The Bertz CT molecular complexity index is 77.0. The highest BCUT2D eigenvalue weighted by atomic mass is 16.5. The van der Waals surface area contributed by atoms with Gasteiger partial charge in [0.25, 0.3) is 0 Å². The van der Waals surface area contributed by atoms with Crippen LogP contribution in [0.15, 0.2) is 24.5 Å². The van der Waals surface area contributed by atoms with Gasteiger partial charge in [0, 0.05) is 0 Å². The van der Waals surface area contributed by atoms with E-state index in [1.807, 2.05) is 12.2 Å². The topological polar surface area (TPSA) is 9.23 Å². The zero-order valence-electron chi connectivity index (χ0n) is 4.84. The van der Waals surface area contributed by atoms with Crippen LogP contribution >= 0.6 is 0 Å². The van der Waals surface area contributed by atoms with Gasteiger partial charge in [-0.15, -0.1) is 0 Å². The van der Waals surface area contributed by atoms with Crippen molar-refractivity contribution in [2.75, 3.05) is 6.61 Å². The van der Waals surface area contributed by atoms with Crippen molar-refractivity contribution in [3.63, 3.8) is 0 Å². The van der Waals surface area contributed by atoms with E-state index >= 15 is 0 Å². The van der Waals surface area contributed by atoms with Crippen molar-refractivity contribution in [3.05, 3.63) is 24.5 Å². The standard InChI is InChI=1S/C7H10O/c1-2-4-6-8-7-5-3-1/h2,4-5,7H,1,3,6H2/b4-2-,7-5-. The number of allylic oxidation sites excluding steroid dienone is 2. The Hall–Kier alpha value is -0.720. The van der Waals surface area contributed by atoms with Gasteiger partial charge in [0.1, 0.15) is 6.61 Å². The molecule has 1 rings (SSSR count). The highest BCUT2D eigenvalue weighted by molar-refractivity contribution is 4.88. The van der Waals surface area contributed by atoms with Crippen LogP contribution in [0, 0.1) is 0 Å². The number of hydrogen-bond acceptors (Lipinski definition) is 1. The fraction of sp³-hybridized carbons (Fsp3) is 0.429. The monoisotopic (exact) mass is 110 g/mol. The predicted molar refractivity (Wildman–Crippen MR) is 33.5 cm³/mol. The van der Waals surface area contributed by atoms with Crippen LogP contribution in [0.5, 0.6) is 0 Å². The molecule has 1 heterocycles. The van der Waals surface area contributed by atoms with Gasteiger partial charge in [0.2, 0.25) is 0 Å². The second kappa shape index (κ2) is 3.30. The largest absolute Gasteiger partial charge is 0.497 e. The molecule has 0 bridgehead atoms. The number of ether oxygens (including phenoxy) is 1. The van der Waals surface area contributed by atoms with E-state index < -0.39 is 0 Å². The molecule has 0 aromatic carbocycles. The molecule has 8 heavy (non-hydrogen) atoms. The molecule has 0 aromatic heterocycles. The van der Waals surface area contributed by atoms with Gasteiger partial charge in [-0.1, -0.05) is 12.2 Å². The minimum absolute atomic E-state index is 0.733. The molecule has 1 heteroatoms. The van der Waals surface area contributed by atoms with Crippen LogP contribution in [0.3, 0.4) is 0 Å². The molecular formula is C7H10O. The Balaban J connectivity index is 2.29. The summed E-state index contributed by atoms with van der Waals surface area (Å²) in [5.74, 6) is 0. The Morgan fingerprint density at radius 2 is 1.88 bits per heavy atom. The van der Waals surface area contributed by atoms with Gasteiger partial charge < -0.3 is 4.74 Å². The van der Waals surface area contributed by atoms with Crippen LogP contribution in [-0.4, -0.2) is 6.61 Å². The predicted octanol–water partition coefficient (Wildman–Crippen LogP) is 1.87. The maximum Gasteiger partial charge on any atom is 0.105 e. The third-order valence-electron chi connectivity index (χ3n) is 1.05. The summed E-state index contributed by atoms with van der Waals surface area (Å²) >= 11 is 0. The van der Waals surface area contributed by atoms with Crippen molar-refractivity contribution in [2.45, 2.75) is 12.8 Å². The lowest BCUT2D eigenvalue weighted by atomic mass is 10.3. The molecule has 0 radical (unpaired) electrons. The van der Waals surface area contributed by atoms with Crippen LogP contribution < -0.4 is 0 Å². The van der Waals surface area contributed by atoms with E-state index in [1.54, 1.807) is 6.26 Å². The fourth-order valence-electron chi connectivity index (χ4n) is 0.626. The highest BCUT2D eigenvalue weighted by Crippen LogP contribution is 1.96. The maximum absolute atomic E-state index is 5.01. The molecule has 1 nitrogen and oxygen atoms in total. The summed E-state index contributed by atoms with van der Waals surface area (Å²) < 4.78 is 5.01. The van der Waals surface area contributed by atoms with E-state index in [-0.39, 0.29) is 0 Å². The minimum Gasteiger partial charge on any atom is -0.497 e. The first-order chi connectivity index (χ1) is 4.00. The molecule has 0 saturated carbocycles. The van der Waals surface area contributed by atoms with Gasteiger partial charge >= 0.3 is 0 Å². The van der Waals surface area contributed by atoms with Crippen molar-refractivity contribution in [1.29, 1.82) is 0 Å². The second-order valence-electron chi connectivity index (χ2n) is 1.75. The molecule has 0 unspecified atom stereocenters. The minimum atomic E-state index is 0.733. The van der Waals surface area contributed by atoms with Crippen LogP contribution in [0.25, 0.3) is 0 Å². The normalized spacial score (nSPS) is 27.0. The lowest BCUT2D eigenvalue weighted by Gasteiger charge is -1.96. The molecule has 1 aliphatic heterocycles. The van der Waals surface area contributed by atoms with Crippen LogP contribution in [0.1, 0.15) is 12.8 Å². The van der Waals surface area contributed by atoms with Gasteiger partial charge in [-0.25, -0.2) is 0 Å². The summed E-state index contributed by atoms with van der Waals surface area (Å²) in [6.45, 7) is 0.733. The Morgan fingerprint density at radius 3 is 2.88 bits per heavy atom. The lowest BCUT2D eigenvalue weighted by molar-refractivity contribution is 0.287. The summed E-state index contributed by atoms with van der Waals surface area (Å²) in [5, 5.41) is 0. The fourth-order valence-corrected chi connectivity index (χ4v) is 0.626. The Labute approximate surface area is 49.7 Å². The zero-order chi connectivity index (χ0) is 5.66. The molecule has 0 aromatic rings. The quantitative estimate of drug-likeness (QED) is 0.432. The molecule has 0 amide bonds. The first kappa shape index (κ1) is 5.42. The van der Waals surface area contributed by atoms with Crippen molar-refractivity contribution in [1.82, 2.24) is 0 Å². The average Bonchev–Trinajstić information content (AvgIpc) is 1.62. The third-order valence-corrected chi connectivity index (χ3v) is 1.05. The van der Waals surface area contributed by atoms with E-state index in [0.29, 0.717) is 0 Å². The lowest BCUT2D eigenvalue weighted by Crippen LogP contribution is -1.82. The van der Waals surface area contributed by atoms with E-state index in [9.17, 15) is 0 Å². The van der Waals surface area contributed by atoms with E-state index in [4.69, 9.17) is 4.74 Å². The van der Waals surface area contributed by atoms with Gasteiger partial charge in [-0.2, -0.15) is 0 Å². The third kappa shape index (κ3) is 1.82. The molecular weight excluding hydrogens is 100 g/mol. The molecule has 0 saturated heterocycles. The average molecular weight is 110 g/mol. The Morgan fingerprint density at radius 1 is 1.00 bits per heavy atom.